The van der Waals surface area contributed by atoms with Gasteiger partial charge < -0.3 is 14.9 Å². The molecule has 0 aliphatic carbocycles. The second kappa shape index (κ2) is 9.47. The van der Waals surface area contributed by atoms with Gasteiger partial charge in [0.25, 0.3) is 5.91 Å². The van der Waals surface area contributed by atoms with Gasteiger partial charge in [-0.2, -0.15) is 5.10 Å². The second-order valence-electron chi connectivity index (χ2n) is 6.11. The van der Waals surface area contributed by atoms with E-state index < -0.39 is 11.7 Å². The van der Waals surface area contributed by atoms with Crippen LogP contribution in [0.1, 0.15) is 21.5 Å². The first-order chi connectivity index (χ1) is 14.3. The van der Waals surface area contributed by atoms with E-state index in [4.69, 9.17) is 27.9 Å². The van der Waals surface area contributed by atoms with Crippen LogP contribution in [0.15, 0.2) is 59.7 Å². The molecule has 0 fully saturated rings. The number of carbonyl (C=O) groups is 1. The third-order valence-corrected chi connectivity index (χ3v) is 4.55. The van der Waals surface area contributed by atoms with E-state index in [-0.39, 0.29) is 28.7 Å². The number of hydrogen-bond donors (Lipinski definition) is 3. The molecule has 0 spiro atoms. The predicted molar refractivity (Wildman–Crippen MR) is 112 cm³/mol. The highest BCUT2D eigenvalue weighted by molar-refractivity contribution is 6.31. The highest BCUT2D eigenvalue weighted by Gasteiger charge is 2.11. The van der Waals surface area contributed by atoms with Crippen LogP contribution in [0.3, 0.4) is 0 Å². The minimum atomic E-state index is -0.720. The van der Waals surface area contributed by atoms with Crippen molar-refractivity contribution in [2.24, 2.45) is 5.10 Å². The topological polar surface area (TPSA) is 91.2 Å². The number of aromatic hydroxyl groups is 2. The number of ether oxygens (including phenoxy) is 1. The average molecular weight is 449 g/mol. The number of carbonyl (C=O) groups excluding carboxylic acids is 1. The Hall–Kier alpha value is -3.29. The first-order valence-electron chi connectivity index (χ1n) is 8.55. The zero-order chi connectivity index (χ0) is 21.7. The molecule has 3 rings (SSSR count). The number of phenols is 2. The summed E-state index contributed by atoms with van der Waals surface area (Å²) in [5.74, 6) is -1.24. The molecule has 1 amide bonds. The number of nitrogens with one attached hydrogen (secondary N) is 1. The van der Waals surface area contributed by atoms with Crippen LogP contribution in [-0.2, 0) is 6.61 Å². The third kappa shape index (κ3) is 5.40. The molecule has 154 valence electrons. The van der Waals surface area contributed by atoms with E-state index in [0.29, 0.717) is 21.9 Å². The van der Waals surface area contributed by atoms with E-state index in [1.54, 1.807) is 18.2 Å². The Morgan fingerprint density at radius 2 is 1.90 bits per heavy atom. The van der Waals surface area contributed by atoms with Crippen molar-refractivity contribution in [3.63, 3.8) is 0 Å². The minimum absolute atomic E-state index is 0.0745. The lowest BCUT2D eigenvalue weighted by Gasteiger charge is -2.11. The summed E-state index contributed by atoms with van der Waals surface area (Å²) in [6.45, 7) is 0.0745. The van der Waals surface area contributed by atoms with E-state index in [2.05, 4.69) is 10.5 Å². The van der Waals surface area contributed by atoms with Crippen LogP contribution in [0.5, 0.6) is 17.2 Å². The van der Waals surface area contributed by atoms with Crippen molar-refractivity contribution < 1.29 is 24.1 Å². The van der Waals surface area contributed by atoms with Gasteiger partial charge in [-0.25, -0.2) is 9.82 Å². The highest BCUT2D eigenvalue weighted by Crippen LogP contribution is 2.25. The van der Waals surface area contributed by atoms with Crippen molar-refractivity contribution in [2.45, 2.75) is 6.61 Å². The standard InChI is InChI=1S/C21H15Cl2FN2O4/c22-14-2-6-20(30-11-12-1-3-15(24)8-18(12)23)13(7-14)10-25-26-21(29)17-9-16(27)4-5-19(17)28/h1-10,27-28H,11H2,(H,26,29). The van der Waals surface area contributed by atoms with Crippen molar-refractivity contribution >= 4 is 35.3 Å². The number of nitrogens with zero attached hydrogens (tertiary/aromatic N) is 1. The summed E-state index contributed by atoms with van der Waals surface area (Å²) in [5.41, 5.74) is 3.16. The Bertz CT molecular complexity index is 1120. The Kier molecular flexibility index (Phi) is 6.76. The predicted octanol–water partition coefficient (Wildman–Crippen LogP) is 4.89. The maximum absolute atomic E-state index is 13.2. The van der Waals surface area contributed by atoms with E-state index in [1.807, 2.05) is 0 Å². The Morgan fingerprint density at radius 3 is 2.67 bits per heavy atom. The number of amides is 1. The molecule has 0 saturated heterocycles. The number of halogens is 3. The lowest BCUT2D eigenvalue weighted by atomic mass is 10.2. The summed E-state index contributed by atoms with van der Waals surface area (Å²) in [4.78, 5) is 12.1. The summed E-state index contributed by atoms with van der Waals surface area (Å²) in [7, 11) is 0. The van der Waals surface area contributed by atoms with Gasteiger partial charge in [0, 0.05) is 16.1 Å². The highest BCUT2D eigenvalue weighted by atomic mass is 35.5. The van der Waals surface area contributed by atoms with E-state index in [1.165, 1.54) is 36.5 Å². The molecule has 0 atom stereocenters. The van der Waals surface area contributed by atoms with Gasteiger partial charge in [0.1, 0.15) is 29.7 Å². The van der Waals surface area contributed by atoms with Gasteiger partial charge in [-0.15, -0.1) is 0 Å². The molecular formula is C21H15Cl2FN2O4. The van der Waals surface area contributed by atoms with Gasteiger partial charge >= 0.3 is 0 Å². The van der Waals surface area contributed by atoms with Crippen molar-refractivity contribution in [2.75, 3.05) is 0 Å². The molecule has 30 heavy (non-hydrogen) atoms. The van der Waals surface area contributed by atoms with Crippen molar-refractivity contribution in [1.82, 2.24) is 5.43 Å². The number of benzene rings is 3. The fourth-order valence-electron chi connectivity index (χ4n) is 2.47. The van der Waals surface area contributed by atoms with Gasteiger partial charge in [-0.1, -0.05) is 29.3 Å². The first-order valence-corrected chi connectivity index (χ1v) is 9.31. The van der Waals surface area contributed by atoms with Gasteiger partial charge in [0.05, 0.1) is 16.8 Å². The number of phenolic OH excluding ortho intramolecular Hbond substituents is 2. The molecule has 0 unspecified atom stereocenters. The molecule has 6 nitrogen and oxygen atoms in total. The Balaban J connectivity index is 1.73. The number of hydrogen-bond acceptors (Lipinski definition) is 5. The van der Waals surface area contributed by atoms with Crippen LogP contribution >= 0.6 is 23.2 Å². The van der Waals surface area contributed by atoms with Crippen LogP contribution in [0.4, 0.5) is 4.39 Å². The second-order valence-corrected chi connectivity index (χ2v) is 6.95. The zero-order valence-electron chi connectivity index (χ0n) is 15.3. The monoisotopic (exact) mass is 448 g/mol. The number of rotatable bonds is 6. The molecule has 0 aliphatic heterocycles. The molecule has 0 bridgehead atoms. The quantitative estimate of drug-likeness (QED) is 0.284. The first kappa shape index (κ1) is 21.4. The molecular weight excluding hydrogens is 434 g/mol. The Morgan fingerprint density at radius 1 is 1.10 bits per heavy atom. The number of hydrazone groups is 1. The summed E-state index contributed by atoms with van der Waals surface area (Å²) < 4.78 is 18.9. The summed E-state index contributed by atoms with van der Waals surface area (Å²) in [6.07, 6.45) is 1.31. The fourth-order valence-corrected chi connectivity index (χ4v) is 2.87. The van der Waals surface area contributed by atoms with Gasteiger partial charge in [-0.3, -0.25) is 4.79 Å². The van der Waals surface area contributed by atoms with Crippen molar-refractivity contribution in [1.29, 1.82) is 0 Å². The van der Waals surface area contributed by atoms with Crippen LogP contribution < -0.4 is 10.2 Å². The third-order valence-electron chi connectivity index (χ3n) is 3.96. The molecule has 9 heteroatoms. The molecule has 0 saturated carbocycles. The maximum Gasteiger partial charge on any atom is 0.275 e. The summed E-state index contributed by atoms with van der Waals surface area (Å²) >= 11 is 12.0. The summed E-state index contributed by atoms with van der Waals surface area (Å²) in [6, 6.07) is 12.3. The molecule has 0 aliphatic rings. The largest absolute Gasteiger partial charge is 0.508 e. The molecule has 0 radical (unpaired) electrons. The molecule has 0 aromatic heterocycles. The van der Waals surface area contributed by atoms with Crippen molar-refractivity contribution in [3.05, 3.63) is 87.2 Å². The summed E-state index contributed by atoms with van der Waals surface area (Å²) in [5, 5.41) is 23.7. The lowest BCUT2D eigenvalue weighted by Crippen LogP contribution is -2.17. The lowest BCUT2D eigenvalue weighted by molar-refractivity contribution is 0.0952. The zero-order valence-corrected chi connectivity index (χ0v) is 16.8. The average Bonchev–Trinajstić information content (AvgIpc) is 2.70. The van der Waals surface area contributed by atoms with Crippen LogP contribution in [0, 0.1) is 5.82 Å². The van der Waals surface area contributed by atoms with Gasteiger partial charge in [-0.05, 0) is 48.5 Å². The van der Waals surface area contributed by atoms with Gasteiger partial charge in [0.15, 0.2) is 0 Å². The molecule has 3 aromatic rings. The van der Waals surface area contributed by atoms with E-state index in [0.717, 1.165) is 6.07 Å². The molecule has 0 heterocycles. The van der Waals surface area contributed by atoms with Crippen LogP contribution in [-0.4, -0.2) is 22.3 Å². The molecule has 3 aromatic carbocycles. The molecule has 3 N–H and O–H groups in total. The minimum Gasteiger partial charge on any atom is -0.508 e. The SMILES string of the molecule is O=C(NN=Cc1cc(Cl)ccc1OCc1ccc(F)cc1Cl)c1cc(O)ccc1O. The van der Waals surface area contributed by atoms with E-state index in [9.17, 15) is 19.4 Å². The van der Waals surface area contributed by atoms with Crippen LogP contribution in [0.25, 0.3) is 0 Å². The maximum atomic E-state index is 13.2. The Labute approximate surface area is 181 Å². The van der Waals surface area contributed by atoms with E-state index >= 15 is 0 Å². The van der Waals surface area contributed by atoms with Crippen molar-refractivity contribution in [3.8, 4) is 17.2 Å². The fraction of sp³-hybridized carbons (Fsp3) is 0.0476. The normalized spacial score (nSPS) is 10.9. The van der Waals surface area contributed by atoms with Gasteiger partial charge in [0.2, 0.25) is 0 Å². The smallest absolute Gasteiger partial charge is 0.275 e. The van der Waals surface area contributed by atoms with Crippen LogP contribution in [0.2, 0.25) is 10.0 Å².